The van der Waals surface area contributed by atoms with Gasteiger partial charge in [0.1, 0.15) is 0 Å². The Morgan fingerprint density at radius 1 is 1.33 bits per heavy atom. The molecule has 82 valence electrons. The molecule has 15 heavy (non-hydrogen) atoms. The molecule has 1 saturated carbocycles. The maximum atomic E-state index is 9.61. The molecule has 1 nitrogen and oxygen atoms in total. The number of rotatable bonds is 2. The van der Waals surface area contributed by atoms with Crippen molar-refractivity contribution in [3.05, 3.63) is 35.4 Å². The van der Waals surface area contributed by atoms with Gasteiger partial charge in [-0.15, -0.1) is 0 Å². The average Bonchev–Trinajstić information content (AvgIpc) is 2.17. The molecule has 1 aromatic rings. The maximum absolute atomic E-state index is 9.61. The smallest absolute Gasteiger partial charge is 0.0543 e. The Kier molecular flexibility index (Phi) is 3.42. The number of aliphatic hydroxyl groups excluding tert-OH is 1. The minimum atomic E-state index is -0.0476. The highest BCUT2D eigenvalue weighted by Gasteiger charge is 2.20. The third-order valence-electron chi connectivity index (χ3n) is 3.36. The van der Waals surface area contributed by atoms with Crippen LogP contribution in [-0.2, 0) is 6.42 Å². The molecule has 1 aliphatic carbocycles. The molecule has 0 spiro atoms. The minimum Gasteiger partial charge on any atom is -0.393 e. The normalized spacial score (nSPS) is 26.5. The van der Waals surface area contributed by atoms with E-state index in [9.17, 15) is 5.11 Å². The van der Waals surface area contributed by atoms with Crippen molar-refractivity contribution in [2.45, 2.75) is 45.1 Å². The van der Waals surface area contributed by atoms with Crippen LogP contribution in [0.15, 0.2) is 24.3 Å². The van der Waals surface area contributed by atoms with Crippen molar-refractivity contribution in [2.75, 3.05) is 0 Å². The zero-order valence-electron chi connectivity index (χ0n) is 9.45. The molecule has 2 atom stereocenters. The largest absolute Gasteiger partial charge is 0.393 e. The predicted molar refractivity (Wildman–Crippen MR) is 62.8 cm³/mol. The molecule has 2 rings (SSSR count). The summed E-state index contributed by atoms with van der Waals surface area (Å²) < 4.78 is 0. The first kappa shape index (κ1) is 10.7. The molecule has 0 radical (unpaired) electrons. The van der Waals surface area contributed by atoms with Gasteiger partial charge < -0.3 is 5.11 Å². The summed E-state index contributed by atoms with van der Waals surface area (Å²) in [5.41, 5.74) is 2.76. The number of hydrogen-bond acceptors (Lipinski definition) is 1. The van der Waals surface area contributed by atoms with Gasteiger partial charge in [0.15, 0.2) is 0 Å². The predicted octanol–water partition coefficient (Wildman–Crippen LogP) is 3.09. The Labute approximate surface area is 92.1 Å². The fourth-order valence-corrected chi connectivity index (χ4v) is 2.62. The van der Waals surface area contributed by atoms with Crippen LogP contribution in [0.5, 0.6) is 0 Å². The lowest BCUT2D eigenvalue weighted by Gasteiger charge is -2.25. The lowest BCUT2D eigenvalue weighted by molar-refractivity contribution is 0.101. The van der Waals surface area contributed by atoms with E-state index in [0.29, 0.717) is 5.92 Å². The fourth-order valence-electron chi connectivity index (χ4n) is 2.62. The van der Waals surface area contributed by atoms with E-state index in [1.807, 2.05) is 0 Å². The van der Waals surface area contributed by atoms with Gasteiger partial charge in [0.25, 0.3) is 0 Å². The van der Waals surface area contributed by atoms with E-state index in [1.165, 1.54) is 24.0 Å². The highest BCUT2D eigenvalue weighted by atomic mass is 16.3. The molecule has 0 amide bonds. The Balaban J connectivity index is 1.96. The van der Waals surface area contributed by atoms with Crippen LogP contribution >= 0.6 is 0 Å². The molecule has 2 unspecified atom stereocenters. The van der Waals surface area contributed by atoms with E-state index >= 15 is 0 Å². The van der Waals surface area contributed by atoms with Crippen molar-refractivity contribution in [1.82, 2.24) is 0 Å². The van der Waals surface area contributed by atoms with E-state index in [1.54, 1.807) is 0 Å². The summed E-state index contributed by atoms with van der Waals surface area (Å²) in [4.78, 5) is 0. The SMILES string of the molecule is Cc1cccc(CC2CCCC(O)C2)c1. The first-order valence-electron chi connectivity index (χ1n) is 5.97. The summed E-state index contributed by atoms with van der Waals surface area (Å²) in [7, 11) is 0. The van der Waals surface area contributed by atoms with Crippen molar-refractivity contribution in [1.29, 1.82) is 0 Å². The summed E-state index contributed by atoms with van der Waals surface area (Å²) in [6.07, 6.45) is 5.56. The lowest BCUT2D eigenvalue weighted by Crippen LogP contribution is -2.20. The molecular formula is C14H20O. The van der Waals surface area contributed by atoms with Crippen molar-refractivity contribution in [3.8, 4) is 0 Å². The van der Waals surface area contributed by atoms with E-state index in [4.69, 9.17) is 0 Å². The number of aliphatic hydroxyl groups is 1. The molecule has 0 heterocycles. The lowest BCUT2D eigenvalue weighted by atomic mass is 9.83. The van der Waals surface area contributed by atoms with Gasteiger partial charge in [-0.2, -0.15) is 0 Å². The van der Waals surface area contributed by atoms with Gasteiger partial charge >= 0.3 is 0 Å². The second kappa shape index (κ2) is 4.80. The van der Waals surface area contributed by atoms with Crippen LogP contribution < -0.4 is 0 Å². The number of hydrogen-bond donors (Lipinski definition) is 1. The Morgan fingerprint density at radius 2 is 2.20 bits per heavy atom. The molecule has 0 saturated heterocycles. The molecule has 1 aromatic carbocycles. The maximum Gasteiger partial charge on any atom is 0.0543 e. The summed E-state index contributed by atoms with van der Waals surface area (Å²) in [5, 5.41) is 9.61. The van der Waals surface area contributed by atoms with Gasteiger partial charge in [-0.1, -0.05) is 36.2 Å². The highest BCUT2D eigenvalue weighted by molar-refractivity contribution is 5.22. The van der Waals surface area contributed by atoms with Crippen LogP contribution in [0.3, 0.4) is 0 Å². The quantitative estimate of drug-likeness (QED) is 0.785. The third-order valence-corrected chi connectivity index (χ3v) is 3.36. The van der Waals surface area contributed by atoms with Gasteiger partial charge in [-0.05, 0) is 44.1 Å². The molecule has 0 aliphatic heterocycles. The van der Waals surface area contributed by atoms with Crippen LogP contribution in [0, 0.1) is 12.8 Å². The van der Waals surface area contributed by atoms with Crippen LogP contribution in [-0.4, -0.2) is 11.2 Å². The van der Waals surface area contributed by atoms with Crippen molar-refractivity contribution < 1.29 is 5.11 Å². The van der Waals surface area contributed by atoms with Gasteiger partial charge in [-0.3, -0.25) is 0 Å². The van der Waals surface area contributed by atoms with Gasteiger partial charge in [0, 0.05) is 0 Å². The monoisotopic (exact) mass is 204 g/mol. The van der Waals surface area contributed by atoms with Gasteiger partial charge in [-0.25, -0.2) is 0 Å². The van der Waals surface area contributed by atoms with Crippen LogP contribution in [0.4, 0.5) is 0 Å². The first-order chi connectivity index (χ1) is 7.24. The highest BCUT2D eigenvalue weighted by Crippen LogP contribution is 2.27. The topological polar surface area (TPSA) is 20.2 Å². The minimum absolute atomic E-state index is 0.0476. The first-order valence-corrected chi connectivity index (χ1v) is 5.97. The van der Waals surface area contributed by atoms with Crippen molar-refractivity contribution >= 4 is 0 Å². The van der Waals surface area contributed by atoms with E-state index in [2.05, 4.69) is 31.2 Å². The zero-order chi connectivity index (χ0) is 10.7. The summed E-state index contributed by atoms with van der Waals surface area (Å²) in [5.74, 6) is 0.690. The standard InChI is InChI=1S/C14H20O/c1-11-4-2-5-12(8-11)9-13-6-3-7-14(15)10-13/h2,4-5,8,13-15H,3,6-7,9-10H2,1H3. The Bertz CT molecular complexity index is 319. The summed E-state index contributed by atoms with van der Waals surface area (Å²) in [6.45, 7) is 2.14. The fraction of sp³-hybridized carbons (Fsp3) is 0.571. The molecule has 0 bridgehead atoms. The van der Waals surface area contributed by atoms with Crippen LogP contribution in [0.25, 0.3) is 0 Å². The average molecular weight is 204 g/mol. The van der Waals surface area contributed by atoms with E-state index in [0.717, 1.165) is 19.3 Å². The Morgan fingerprint density at radius 3 is 2.93 bits per heavy atom. The Hall–Kier alpha value is -0.820. The second-order valence-corrected chi connectivity index (χ2v) is 4.88. The van der Waals surface area contributed by atoms with Crippen LogP contribution in [0.1, 0.15) is 36.8 Å². The van der Waals surface area contributed by atoms with Gasteiger partial charge in [0.05, 0.1) is 6.10 Å². The second-order valence-electron chi connectivity index (χ2n) is 4.88. The number of aryl methyl sites for hydroxylation is 1. The van der Waals surface area contributed by atoms with Crippen molar-refractivity contribution in [3.63, 3.8) is 0 Å². The summed E-state index contributed by atoms with van der Waals surface area (Å²) in [6, 6.07) is 8.73. The third kappa shape index (κ3) is 3.07. The van der Waals surface area contributed by atoms with E-state index in [-0.39, 0.29) is 6.10 Å². The molecule has 1 aliphatic rings. The van der Waals surface area contributed by atoms with Crippen molar-refractivity contribution in [2.24, 2.45) is 5.92 Å². The zero-order valence-corrected chi connectivity index (χ0v) is 9.45. The molecule has 1 N–H and O–H groups in total. The molecule has 1 heteroatoms. The summed E-state index contributed by atoms with van der Waals surface area (Å²) >= 11 is 0. The molecule has 1 fully saturated rings. The van der Waals surface area contributed by atoms with Crippen LogP contribution in [0.2, 0.25) is 0 Å². The number of benzene rings is 1. The molecule has 0 aromatic heterocycles. The van der Waals surface area contributed by atoms with Gasteiger partial charge in [0.2, 0.25) is 0 Å². The van der Waals surface area contributed by atoms with E-state index < -0.39 is 0 Å². The molecular weight excluding hydrogens is 184 g/mol.